The van der Waals surface area contributed by atoms with Crippen LogP contribution in [-0.2, 0) is 6.54 Å². The van der Waals surface area contributed by atoms with Crippen LogP contribution in [0.3, 0.4) is 0 Å². The molecule has 0 atom stereocenters. The molecule has 118 valence electrons. The van der Waals surface area contributed by atoms with Crippen molar-refractivity contribution in [2.45, 2.75) is 13.0 Å². The second-order valence-corrected chi connectivity index (χ2v) is 5.51. The Morgan fingerprint density at radius 2 is 1.86 bits per heavy atom. The predicted molar refractivity (Wildman–Crippen MR) is 93.8 cm³/mol. The molecule has 0 aliphatic rings. The van der Waals surface area contributed by atoms with Crippen molar-refractivity contribution >= 4 is 21.6 Å². The lowest BCUT2D eigenvalue weighted by Gasteiger charge is -2.13. The smallest absolute Gasteiger partial charge is 0.161 e. The highest BCUT2D eigenvalue weighted by molar-refractivity contribution is 9.09. The number of nitrogens with one attached hydrogen (secondary N) is 2. The molecule has 0 fully saturated rings. The van der Waals surface area contributed by atoms with Gasteiger partial charge in [-0.3, -0.25) is 0 Å². The van der Waals surface area contributed by atoms with Crippen LogP contribution < -0.4 is 20.3 Å². The average molecular weight is 365 g/mol. The topological polar surface area (TPSA) is 42.5 Å². The number of hydrazine groups is 1. The number of hydrogen-bond donors (Lipinski definition) is 2. The zero-order valence-corrected chi connectivity index (χ0v) is 14.2. The predicted octanol–water partition coefficient (Wildman–Crippen LogP) is 3.98. The van der Waals surface area contributed by atoms with Crippen molar-refractivity contribution in [3.63, 3.8) is 0 Å². The van der Waals surface area contributed by atoms with Gasteiger partial charge in [-0.05, 0) is 36.2 Å². The summed E-state index contributed by atoms with van der Waals surface area (Å²) in [5.74, 6) is 1.54. The lowest BCUT2D eigenvalue weighted by atomic mass is 10.2. The Morgan fingerprint density at radius 1 is 1.05 bits per heavy atom. The first-order valence-electron chi connectivity index (χ1n) is 7.23. The Morgan fingerprint density at radius 3 is 2.59 bits per heavy atom. The van der Waals surface area contributed by atoms with E-state index in [4.69, 9.17) is 9.47 Å². The normalized spacial score (nSPS) is 10.3. The van der Waals surface area contributed by atoms with Gasteiger partial charge in [-0.15, -0.1) is 0 Å². The summed E-state index contributed by atoms with van der Waals surface area (Å²) >= 11 is 3.39. The molecule has 22 heavy (non-hydrogen) atoms. The van der Waals surface area contributed by atoms with Crippen molar-refractivity contribution in [3.8, 4) is 11.5 Å². The van der Waals surface area contributed by atoms with E-state index in [1.807, 2.05) is 48.5 Å². The van der Waals surface area contributed by atoms with E-state index in [-0.39, 0.29) is 0 Å². The van der Waals surface area contributed by atoms with Gasteiger partial charge in [-0.2, -0.15) is 0 Å². The van der Waals surface area contributed by atoms with Crippen LogP contribution in [0.15, 0.2) is 48.5 Å². The van der Waals surface area contributed by atoms with Gasteiger partial charge in [0.05, 0.1) is 13.7 Å². The van der Waals surface area contributed by atoms with Gasteiger partial charge in [0, 0.05) is 17.6 Å². The molecule has 0 bridgehead atoms. The van der Waals surface area contributed by atoms with Crippen LogP contribution in [0, 0.1) is 0 Å². The average Bonchev–Trinajstić information content (AvgIpc) is 2.57. The Labute approximate surface area is 139 Å². The van der Waals surface area contributed by atoms with E-state index in [2.05, 4.69) is 26.8 Å². The minimum atomic E-state index is 0.675. The number of rotatable bonds is 9. The van der Waals surface area contributed by atoms with E-state index in [0.717, 1.165) is 34.5 Å². The molecule has 4 nitrogen and oxygen atoms in total. The first kappa shape index (κ1) is 16.6. The molecule has 0 aliphatic carbocycles. The molecule has 0 unspecified atom stereocenters. The molecule has 0 aromatic heterocycles. The molecule has 2 aromatic rings. The van der Waals surface area contributed by atoms with Crippen molar-refractivity contribution in [3.05, 3.63) is 54.1 Å². The van der Waals surface area contributed by atoms with Crippen LogP contribution in [-0.4, -0.2) is 19.0 Å². The van der Waals surface area contributed by atoms with Gasteiger partial charge >= 0.3 is 0 Å². The van der Waals surface area contributed by atoms with E-state index < -0.39 is 0 Å². The molecular weight excluding hydrogens is 344 g/mol. The lowest BCUT2D eigenvalue weighted by molar-refractivity contribution is 0.295. The van der Waals surface area contributed by atoms with E-state index in [0.29, 0.717) is 13.2 Å². The number of hydrogen-bond acceptors (Lipinski definition) is 4. The molecule has 0 aliphatic heterocycles. The molecular formula is C17H21BrN2O2. The summed E-state index contributed by atoms with van der Waals surface area (Å²) in [6.45, 7) is 1.36. The van der Waals surface area contributed by atoms with E-state index >= 15 is 0 Å². The van der Waals surface area contributed by atoms with Crippen LogP contribution in [0.1, 0.15) is 12.0 Å². The maximum Gasteiger partial charge on any atom is 0.161 e. The van der Waals surface area contributed by atoms with Crippen LogP contribution in [0.5, 0.6) is 11.5 Å². The molecule has 0 amide bonds. The molecule has 2 N–H and O–H groups in total. The highest BCUT2D eigenvalue weighted by atomic mass is 79.9. The van der Waals surface area contributed by atoms with Crippen molar-refractivity contribution in [1.82, 2.24) is 5.43 Å². The summed E-state index contributed by atoms with van der Waals surface area (Å²) in [5.41, 5.74) is 8.50. The molecule has 0 spiro atoms. The van der Waals surface area contributed by atoms with E-state index in [1.165, 1.54) is 0 Å². The summed E-state index contributed by atoms with van der Waals surface area (Å²) in [7, 11) is 1.66. The van der Waals surface area contributed by atoms with Gasteiger partial charge in [0.1, 0.15) is 0 Å². The number of para-hydroxylation sites is 1. The zero-order valence-electron chi connectivity index (χ0n) is 12.6. The van der Waals surface area contributed by atoms with Crippen molar-refractivity contribution in [2.75, 3.05) is 24.5 Å². The molecule has 0 saturated heterocycles. The summed E-state index contributed by atoms with van der Waals surface area (Å²) in [4.78, 5) is 0. The number of ether oxygens (including phenoxy) is 2. The van der Waals surface area contributed by atoms with Crippen molar-refractivity contribution < 1.29 is 9.47 Å². The summed E-state index contributed by atoms with van der Waals surface area (Å²) in [5, 5.41) is 0.933. The maximum absolute atomic E-state index is 5.71. The van der Waals surface area contributed by atoms with Crippen molar-refractivity contribution in [1.29, 1.82) is 0 Å². The summed E-state index contributed by atoms with van der Waals surface area (Å²) < 4.78 is 11.1. The number of alkyl halides is 1. The number of halogens is 1. The van der Waals surface area contributed by atoms with Gasteiger partial charge in [-0.25, -0.2) is 5.43 Å². The standard InChI is InChI=1S/C17H21BrN2O2/c1-21-17-12-14(8-9-16(17)22-11-5-10-18)13-19-20-15-6-3-2-4-7-15/h2-4,6-9,12,19-20H,5,10-11,13H2,1H3. The first-order valence-corrected chi connectivity index (χ1v) is 8.35. The Kier molecular flexibility index (Phi) is 7.06. The lowest BCUT2D eigenvalue weighted by Crippen LogP contribution is -2.20. The highest BCUT2D eigenvalue weighted by Crippen LogP contribution is 2.28. The molecule has 0 saturated carbocycles. The van der Waals surface area contributed by atoms with Crippen molar-refractivity contribution in [2.24, 2.45) is 0 Å². The highest BCUT2D eigenvalue weighted by Gasteiger charge is 2.05. The van der Waals surface area contributed by atoms with Crippen LogP contribution in [0.2, 0.25) is 0 Å². The molecule has 0 radical (unpaired) electrons. The zero-order chi connectivity index (χ0) is 15.6. The van der Waals surface area contributed by atoms with Gasteiger partial charge < -0.3 is 14.9 Å². The molecule has 5 heteroatoms. The molecule has 2 aromatic carbocycles. The summed E-state index contributed by atoms with van der Waals surface area (Å²) in [6.07, 6.45) is 0.966. The third-order valence-electron chi connectivity index (χ3n) is 3.06. The van der Waals surface area contributed by atoms with Gasteiger partial charge in [0.15, 0.2) is 11.5 Å². The van der Waals surface area contributed by atoms with Gasteiger partial charge in [-0.1, -0.05) is 40.2 Å². The summed E-state index contributed by atoms with van der Waals surface area (Å²) in [6, 6.07) is 16.0. The Bertz CT molecular complexity index is 564. The third kappa shape index (κ3) is 5.24. The fraction of sp³-hybridized carbons (Fsp3) is 0.294. The van der Waals surface area contributed by atoms with E-state index in [1.54, 1.807) is 7.11 Å². The fourth-order valence-corrected chi connectivity index (χ4v) is 2.18. The Hall–Kier alpha value is -1.72. The largest absolute Gasteiger partial charge is 0.493 e. The monoisotopic (exact) mass is 364 g/mol. The molecule has 2 rings (SSSR count). The quantitative estimate of drug-likeness (QED) is 0.401. The van der Waals surface area contributed by atoms with Gasteiger partial charge in [0.25, 0.3) is 0 Å². The second kappa shape index (κ2) is 9.33. The first-order chi connectivity index (χ1) is 10.8. The molecule has 0 heterocycles. The third-order valence-corrected chi connectivity index (χ3v) is 3.62. The minimum absolute atomic E-state index is 0.675. The number of anilines is 1. The van der Waals surface area contributed by atoms with E-state index in [9.17, 15) is 0 Å². The minimum Gasteiger partial charge on any atom is -0.493 e. The van der Waals surface area contributed by atoms with Gasteiger partial charge in [0.2, 0.25) is 0 Å². The Balaban J connectivity index is 1.88. The number of methoxy groups -OCH3 is 1. The van der Waals surface area contributed by atoms with Crippen LogP contribution in [0.4, 0.5) is 5.69 Å². The maximum atomic E-state index is 5.71. The second-order valence-electron chi connectivity index (χ2n) is 4.72. The van der Waals surface area contributed by atoms with Crippen LogP contribution in [0.25, 0.3) is 0 Å². The fourth-order valence-electron chi connectivity index (χ4n) is 1.95. The van der Waals surface area contributed by atoms with Crippen LogP contribution >= 0.6 is 15.9 Å². The number of benzene rings is 2. The SMILES string of the molecule is COc1cc(CNNc2ccccc2)ccc1OCCCBr.